The number of carbonyl (C=O) groups is 1. The van der Waals surface area contributed by atoms with E-state index < -0.39 is 0 Å². The maximum atomic E-state index is 11.3. The Morgan fingerprint density at radius 3 is 3.00 bits per heavy atom. The average molecular weight is 324 g/mol. The Bertz CT molecular complexity index is 511. The number of aryl methyl sites for hydroxylation is 1. The number of hydrogen-bond acceptors (Lipinski definition) is 5. The lowest BCUT2D eigenvalue weighted by molar-refractivity contribution is -0.143. The molecule has 0 radical (unpaired) electrons. The van der Waals surface area contributed by atoms with Crippen LogP contribution in [-0.4, -0.2) is 36.1 Å². The van der Waals surface area contributed by atoms with Gasteiger partial charge in [-0.2, -0.15) is 0 Å². The molecule has 1 saturated carbocycles. The average Bonchev–Trinajstić information content (AvgIpc) is 3.21. The fourth-order valence-electron chi connectivity index (χ4n) is 1.87. The summed E-state index contributed by atoms with van der Waals surface area (Å²) in [6, 6.07) is 0.536. The molecule has 122 valence electrons. The number of aromatic nitrogens is 1. The molecule has 0 unspecified atom stereocenters. The zero-order valence-corrected chi connectivity index (χ0v) is 14.0. The SMILES string of the molecule is CCOC(=O)CCCNC(=NCc1nc(C)cs1)NC1CC1. The first-order chi connectivity index (χ1) is 10.7. The van der Waals surface area contributed by atoms with E-state index in [1.54, 1.807) is 11.3 Å². The predicted octanol–water partition coefficient (Wildman–Crippen LogP) is 1.99. The van der Waals surface area contributed by atoms with E-state index in [2.05, 4.69) is 20.6 Å². The van der Waals surface area contributed by atoms with Gasteiger partial charge in [-0.1, -0.05) is 0 Å². The molecule has 0 amide bonds. The van der Waals surface area contributed by atoms with Crippen molar-refractivity contribution in [3.63, 3.8) is 0 Å². The largest absolute Gasteiger partial charge is 0.466 e. The molecule has 1 heterocycles. The number of hydrogen-bond donors (Lipinski definition) is 2. The highest BCUT2D eigenvalue weighted by molar-refractivity contribution is 7.09. The van der Waals surface area contributed by atoms with Crippen molar-refractivity contribution in [3.05, 3.63) is 16.1 Å². The van der Waals surface area contributed by atoms with Crippen molar-refractivity contribution in [1.29, 1.82) is 0 Å². The molecule has 1 aromatic rings. The zero-order valence-electron chi connectivity index (χ0n) is 13.2. The molecule has 1 aliphatic carbocycles. The summed E-state index contributed by atoms with van der Waals surface area (Å²) in [6.45, 7) is 5.53. The Morgan fingerprint density at radius 2 is 2.36 bits per heavy atom. The van der Waals surface area contributed by atoms with E-state index in [0.717, 1.165) is 23.1 Å². The molecule has 0 aromatic carbocycles. The number of thiazole rings is 1. The van der Waals surface area contributed by atoms with E-state index in [4.69, 9.17) is 4.74 Å². The number of ether oxygens (including phenoxy) is 1. The second-order valence-corrected chi connectivity index (χ2v) is 6.24. The van der Waals surface area contributed by atoms with Crippen LogP contribution in [-0.2, 0) is 16.1 Å². The highest BCUT2D eigenvalue weighted by Gasteiger charge is 2.22. The first kappa shape index (κ1) is 16.7. The quantitative estimate of drug-likeness (QED) is 0.331. The molecule has 1 fully saturated rings. The van der Waals surface area contributed by atoms with Gasteiger partial charge in [-0.25, -0.2) is 9.98 Å². The lowest BCUT2D eigenvalue weighted by atomic mass is 10.3. The van der Waals surface area contributed by atoms with Crippen LogP contribution in [0.3, 0.4) is 0 Å². The Kier molecular flexibility index (Phi) is 6.64. The van der Waals surface area contributed by atoms with E-state index in [0.29, 0.717) is 32.2 Å². The Balaban J connectivity index is 1.74. The van der Waals surface area contributed by atoms with E-state index in [-0.39, 0.29) is 5.97 Å². The normalized spacial score (nSPS) is 14.7. The summed E-state index contributed by atoms with van der Waals surface area (Å²) in [7, 11) is 0. The van der Waals surface area contributed by atoms with Crippen molar-refractivity contribution in [1.82, 2.24) is 15.6 Å². The van der Waals surface area contributed by atoms with Crippen molar-refractivity contribution >= 4 is 23.3 Å². The third-order valence-electron chi connectivity index (χ3n) is 3.11. The summed E-state index contributed by atoms with van der Waals surface area (Å²) in [6.07, 6.45) is 3.56. The third kappa shape index (κ3) is 6.43. The maximum absolute atomic E-state index is 11.3. The first-order valence-electron chi connectivity index (χ1n) is 7.79. The second-order valence-electron chi connectivity index (χ2n) is 5.30. The van der Waals surface area contributed by atoms with Crippen LogP contribution < -0.4 is 10.6 Å². The zero-order chi connectivity index (χ0) is 15.8. The number of rotatable bonds is 8. The van der Waals surface area contributed by atoms with Crippen molar-refractivity contribution in [2.75, 3.05) is 13.2 Å². The molecule has 1 aliphatic rings. The van der Waals surface area contributed by atoms with Crippen LogP contribution in [0.1, 0.15) is 43.3 Å². The van der Waals surface area contributed by atoms with Gasteiger partial charge in [0.15, 0.2) is 5.96 Å². The second kappa shape index (κ2) is 8.73. The number of guanidine groups is 1. The summed E-state index contributed by atoms with van der Waals surface area (Å²) in [5.74, 6) is 0.662. The highest BCUT2D eigenvalue weighted by atomic mass is 32.1. The van der Waals surface area contributed by atoms with E-state index in [9.17, 15) is 4.79 Å². The van der Waals surface area contributed by atoms with Gasteiger partial charge in [0.05, 0.1) is 13.2 Å². The number of nitrogens with zero attached hydrogens (tertiary/aromatic N) is 2. The molecule has 0 atom stereocenters. The van der Waals surface area contributed by atoms with Crippen LogP contribution >= 0.6 is 11.3 Å². The van der Waals surface area contributed by atoms with E-state index >= 15 is 0 Å². The van der Waals surface area contributed by atoms with Crippen molar-refractivity contribution in [2.45, 2.75) is 52.1 Å². The van der Waals surface area contributed by atoms with Gasteiger partial charge in [0, 0.05) is 30.1 Å². The van der Waals surface area contributed by atoms with Gasteiger partial charge in [0.25, 0.3) is 0 Å². The monoisotopic (exact) mass is 324 g/mol. The molecule has 0 spiro atoms. The fraction of sp³-hybridized carbons (Fsp3) is 0.667. The molecule has 0 bridgehead atoms. The molecule has 6 nitrogen and oxygen atoms in total. The van der Waals surface area contributed by atoms with Gasteiger partial charge in [-0.05, 0) is 33.1 Å². The number of nitrogens with one attached hydrogen (secondary N) is 2. The van der Waals surface area contributed by atoms with E-state index in [1.807, 2.05) is 19.2 Å². The minimum absolute atomic E-state index is 0.142. The minimum atomic E-state index is -0.142. The van der Waals surface area contributed by atoms with Gasteiger partial charge in [0.2, 0.25) is 0 Å². The highest BCUT2D eigenvalue weighted by Crippen LogP contribution is 2.18. The molecule has 7 heteroatoms. The van der Waals surface area contributed by atoms with Crippen molar-refractivity contribution in [3.8, 4) is 0 Å². The van der Waals surface area contributed by atoms with Crippen LogP contribution in [0.25, 0.3) is 0 Å². The van der Waals surface area contributed by atoms with Crippen LogP contribution in [0, 0.1) is 6.92 Å². The van der Waals surface area contributed by atoms with Gasteiger partial charge < -0.3 is 15.4 Å². The van der Waals surface area contributed by atoms with Crippen molar-refractivity contribution in [2.24, 2.45) is 4.99 Å². The molecule has 0 aliphatic heterocycles. The smallest absolute Gasteiger partial charge is 0.305 e. The summed E-state index contributed by atoms with van der Waals surface area (Å²) < 4.78 is 4.91. The van der Waals surface area contributed by atoms with Crippen LogP contribution in [0.5, 0.6) is 0 Å². The summed E-state index contributed by atoms with van der Waals surface area (Å²) in [5.41, 5.74) is 1.04. The Labute approximate surface area is 135 Å². The van der Waals surface area contributed by atoms with Crippen molar-refractivity contribution < 1.29 is 9.53 Å². The molecular formula is C15H24N4O2S. The van der Waals surface area contributed by atoms with Crippen LogP contribution in [0.2, 0.25) is 0 Å². The van der Waals surface area contributed by atoms with Gasteiger partial charge in [-0.3, -0.25) is 4.79 Å². The standard InChI is InChI=1S/C15H24N4O2S/c1-3-21-14(20)5-4-8-16-15(19-12-6-7-12)17-9-13-18-11(2)10-22-13/h10,12H,3-9H2,1-2H3,(H2,16,17,19). The molecule has 2 N–H and O–H groups in total. The molecule has 1 aromatic heterocycles. The lowest BCUT2D eigenvalue weighted by Crippen LogP contribution is -2.39. The fourth-order valence-corrected chi connectivity index (χ4v) is 2.56. The number of esters is 1. The molecule has 0 saturated heterocycles. The minimum Gasteiger partial charge on any atom is -0.466 e. The number of aliphatic imine (C=N–C) groups is 1. The Morgan fingerprint density at radius 1 is 1.55 bits per heavy atom. The number of carbonyl (C=O) groups excluding carboxylic acids is 1. The van der Waals surface area contributed by atoms with Crippen LogP contribution in [0.15, 0.2) is 10.4 Å². The molecule has 2 rings (SSSR count). The molecule has 22 heavy (non-hydrogen) atoms. The first-order valence-corrected chi connectivity index (χ1v) is 8.67. The summed E-state index contributed by atoms with van der Waals surface area (Å²) >= 11 is 1.63. The maximum Gasteiger partial charge on any atom is 0.305 e. The van der Waals surface area contributed by atoms with E-state index in [1.165, 1.54) is 12.8 Å². The van der Waals surface area contributed by atoms with Gasteiger partial charge in [0.1, 0.15) is 5.01 Å². The Hall–Kier alpha value is -1.63. The topological polar surface area (TPSA) is 75.6 Å². The predicted molar refractivity (Wildman–Crippen MR) is 88.0 cm³/mol. The molecular weight excluding hydrogens is 300 g/mol. The van der Waals surface area contributed by atoms with Gasteiger partial charge in [-0.15, -0.1) is 11.3 Å². The van der Waals surface area contributed by atoms with Gasteiger partial charge >= 0.3 is 5.97 Å². The summed E-state index contributed by atoms with van der Waals surface area (Å²) in [4.78, 5) is 20.3. The lowest BCUT2D eigenvalue weighted by Gasteiger charge is -2.11. The third-order valence-corrected chi connectivity index (χ3v) is 4.06. The van der Waals surface area contributed by atoms with Crippen LogP contribution in [0.4, 0.5) is 0 Å². The summed E-state index contributed by atoms with van der Waals surface area (Å²) in [5, 5.41) is 9.70.